The normalized spacial score (nSPS) is 25.3. The van der Waals surface area contributed by atoms with Crippen molar-refractivity contribution in [1.29, 1.82) is 0 Å². The SMILES string of the molecule is CC(C)(C)OC(=O)N1C(=O)[C@]2(C[C@H](c3ccccc3)N(c3ccccc3)O2)CC1(C)C. The molecule has 6 heteroatoms. The van der Waals surface area contributed by atoms with Gasteiger partial charge >= 0.3 is 6.09 Å². The van der Waals surface area contributed by atoms with E-state index in [9.17, 15) is 9.59 Å². The number of imide groups is 1. The fraction of sp³-hybridized carbons (Fsp3) is 0.440. The van der Waals surface area contributed by atoms with Gasteiger partial charge in [-0.1, -0.05) is 48.5 Å². The van der Waals surface area contributed by atoms with E-state index < -0.39 is 22.8 Å². The number of hydrogen-bond donors (Lipinski definition) is 0. The van der Waals surface area contributed by atoms with E-state index in [1.165, 1.54) is 4.90 Å². The molecule has 2 heterocycles. The van der Waals surface area contributed by atoms with Gasteiger partial charge in [-0.2, -0.15) is 0 Å². The molecule has 1 spiro atoms. The van der Waals surface area contributed by atoms with Gasteiger partial charge < -0.3 is 4.74 Å². The van der Waals surface area contributed by atoms with Crippen molar-refractivity contribution in [1.82, 2.24) is 4.90 Å². The Balaban J connectivity index is 1.72. The highest BCUT2D eigenvalue weighted by atomic mass is 16.7. The lowest BCUT2D eigenvalue weighted by atomic mass is 9.86. The monoisotopic (exact) mass is 422 g/mol. The highest BCUT2D eigenvalue weighted by molar-refractivity contribution is 6.00. The predicted octanol–water partition coefficient (Wildman–Crippen LogP) is 5.25. The summed E-state index contributed by atoms with van der Waals surface area (Å²) in [5.41, 5.74) is -0.619. The van der Waals surface area contributed by atoms with Crippen molar-refractivity contribution in [3.63, 3.8) is 0 Å². The molecule has 0 aliphatic carbocycles. The molecule has 0 unspecified atom stereocenters. The van der Waals surface area contributed by atoms with Gasteiger partial charge in [-0.15, -0.1) is 0 Å². The van der Waals surface area contributed by atoms with Crippen LogP contribution in [0.25, 0.3) is 0 Å². The summed E-state index contributed by atoms with van der Waals surface area (Å²) in [6.45, 7) is 9.15. The van der Waals surface area contributed by atoms with Gasteiger partial charge in [0.1, 0.15) is 5.60 Å². The molecule has 0 N–H and O–H groups in total. The molecule has 31 heavy (non-hydrogen) atoms. The molecule has 2 aliphatic heterocycles. The molecule has 0 radical (unpaired) electrons. The van der Waals surface area contributed by atoms with E-state index in [0.717, 1.165) is 11.3 Å². The van der Waals surface area contributed by atoms with Crippen molar-refractivity contribution in [3.05, 3.63) is 66.2 Å². The Labute approximate surface area is 183 Å². The number of anilines is 1. The Kier molecular flexibility index (Phi) is 5.09. The number of hydrogen-bond acceptors (Lipinski definition) is 5. The molecule has 4 rings (SSSR count). The molecular weight excluding hydrogens is 392 g/mol. The van der Waals surface area contributed by atoms with Crippen LogP contribution < -0.4 is 5.06 Å². The molecule has 2 aromatic rings. The van der Waals surface area contributed by atoms with Crippen molar-refractivity contribution in [2.24, 2.45) is 0 Å². The highest BCUT2D eigenvalue weighted by Crippen LogP contribution is 2.52. The first-order chi connectivity index (χ1) is 14.5. The second-order valence-corrected chi connectivity index (χ2v) is 9.99. The number of carbonyl (C=O) groups is 2. The molecule has 6 nitrogen and oxygen atoms in total. The second kappa shape index (κ2) is 7.38. The molecule has 164 valence electrons. The van der Waals surface area contributed by atoms with E-state index >= 15 is 0 Å². The molecule has 2 aliphatic rings. The van der Waals surface area contributed by atoms with E-state index in [2.05, 4.69) is 0 Å². The third-order valence-corrected chi connectivity index (χ3v) is 5.77. The Bertz CT molecular complexity index is 919. The standard InChI is InChI=1S/C25H30N2O4/c1-23(2,3)30-22(29)26-21(28)25(17-24(26,4)5)16-20(18-12-8-6-9-13-18)27(31-25)19-14-10-7-11-15-19/h6-15,20H,16-17H2,1-5H3/t20-,25+/m1/s1. The van der Waals surface area contributed by atoms with Crippen LogP contribution in [0.2, 0.25) is 0 Å². The first kappa shape index (κ1) is 21.4. The number of ether oxygens (including phenoxy) is 1. The summed E-state index contributed by atoms with van der Waals surface area (Å²) in [5, 5.41) is 1.82. The number of para-hydroxylation sites is 1. The van der Waals surface area contributed by atoms with Crippen LogP contribution in [0.4, 0.5) is 10.5 Å². The maximum Gasteiger partial charge on any atom is 0.417 e. The third-order valence-electron chi connectivity index (χ3n) is 5.77. The fourth-order valence-electron chi connectivity index (χ4n) is 4.62. The molecule has 2 atom stereocenters. The van der Waals surface area contributed by atoms with E-state index in [0.29, 0.717) is 12.8 Å². The fourth-order valence-corrected chi connectivity index (χ4v) is 4.62. The van der Waals surface area contributed by atoms with Gasteiger partial charge in [0.2, 0.25) is 0 Å². The van der Waals surface area contributed by atoms with E-state index in [4.69, 9.17) is 9.57 Å². The highest BCUT2D eigenvalue weighted by Gasteiger charge is 2.64. The van der Waals surface area contributed by atoms with Gasteiger partial charge in [0.15, 0.2) is 5.60 Å². The van der Waals surface area contributed by atoms with Crippen molar-refractivity contribution < 1.29 is 19.2 Å². The minimum atomic E-state index is -1.13. The molecule has 0 aromatic heterocycles. The van der Waals surface area contributed by atoms with Gasteiger partial charge in [-0.3, -0.25) is 9.63 Å². The van der Waals surface area contributed by atoms with Crippen molar-refractivity contribution >= 4 is 17.7 Å². The minimum Gasteiger partial charge on any atom is -0.443 e. The van der Waals surface area contributed by atoms with Crippen molar-refractivity contribution in [2.45, 2.75) is 70.2 Å². The molecule has 2 saturated heterocycles. The lowest BCUT2D eigenvalue weighted by Gasteiger charge is -2.31. The molecule has 0 saturated carbocycles. The van der Waals surface area contributed by atoms with E-state index in [-0.39, 0.29) is 11.9 Å². The van der Waals surface area contributed by atoms with Crippen LogP contribution in [-0.4, -0.2) is 33.6 Å². The molecule has 2 fully saturated rings. The zero-order chi connectivity index (χ0) is 22.4. The Morgan fingerprint density at radius 2 is 1.61 bits per heavy atom. The Morgan fingerprint density at radius 3 is 2.19 bits per heavy atom. The van der Waals surface area contributed by atoms with Crippen LogP contribution >= 0.6 is 0 Å². The van der Waals surface area contributed by atoms with Crippen LogP contribution in [0.15, 0.2) is 60.7 Å². The Hall–Kier alpha value is -2.86. The topological polar surface area (TPSA) is 59.1 Å². The lowest BCUT2D eigenvalue weighted by molar-refractivity contribution is -0.145. The van der Waals surface area contributed by atoms with Crippen LogP contribution in [-0.2, 0) is 14.4 Å². The van der Waals surface area contributed by atoms with Crippen molar-refractivity contribution in [2.75, 3.05) is 5.06 Å². The van der Waals surface area contributed by atoms with Gasteiger partial charge in [-0.25, -0.2) is 14.8 Å². The summed E-state index contributed by atoms with van der Waals surface area (Å²) in [6, 6.07) is 19.6. The smallest absolute Gasteiger partial charge is 0.417 e. The van der Waals surface area contributed by atoms with Crippen molar-refractivity contribution in [3.8, 4) is 0 Å². The largest absolute Gasteiger partial charge is 0.443 e. The maximum atomic E-state index is 13.7. The van der Waals surface area contributed by atoms with Gasteiger partial charge in [0.05, 0.1) is 17.3 Å². The van der Waals surface area contributed by atoms with Gasteiger partial charge in [0.25, 0.3) is 5.91 Å². The second-order valence-electron chi connectivity index (χ2n) is 9.99. The quantitative estimate of drug-likeness (QED) is 0.661. The van der Waals surface area contributed by atoms with Crippen LogP contribution in [0, 0.1) is 0 Å². The first-order valence-electron chi connectivity index (χ1n) is 10.7. The van der Waals surface area contributed by atoms with E-state index in [1.54, 1.807) is 20.8 Å². The summed E-state index contributed by atoms with van der Waals surface area (Å²) in [6.07, 6.45) is 0.218. The summed E-state index contributed by atoms with van der Waals surface area (Å²) >= 11 is 0. The number of amides is 2. The lowest BCUT2D eigenvalue weighted by Crippen LogP contribution is -2.49. The molecule has 0 bridgehead atoms. The number of hydroxylamine groups is 1. The average Bonchev–Trinajstić information content (AvgIpc) is 3.16. The van der Waals surface area contributed by atoms with Gasteiger partial charge in [-0.05, 0) is 52.3 Å². The molecular formula is C25H30N2O4. The summed E-state index contributed by atoms with van der Waals surface area (Å²) in [5.74, 6) is -0.342. The summed E-state index contributed by atoms with van der Waals surface area (Å²) < 4.78 is 5.55. The molecule has 2 aromatic carbocycles. The predicted molar refractivity (Wildman–Crippen MR) is 118 cm³/mol. The summed E-state index contributed by atoms with van der Waals surface area (Å²) in [4.78, 5) is 34.3. The van der Waals surface area contributed by atoms with E-state index in [1.807, 2.05) is 79.6 Å². The zero-order valence-corrected chi connectivity index (χ0v) is 18.8. The minimum absolute atomic E-state index is 0.151. The number of likely N-dealkylation sites (tertiary alicyclic amines) is 1. The number of nitrogens with zero attached hydrogens (tertiary/aromatic N) is 2. The van der Waals surface area contributed by atoms with Crippen LogP contribution in [0.5, 0.6) is 0 Å². The number of rotatable bonds is 2. The van der Waals surface area contributed by atoms with Gasteiger partial charge in [0, 0.05) is 12.8 Å². The number of carbonyl (C=O) groups excluding carboxylic acids is 2. The maximum absolute atomic E-state index is 13.7. The average molecular weight is 423 g/mol. The molecule has 2 amide bonds. The summed E-state index contributed by atoms with van der Waals surface area (Å²) in [7, 11) is 0. The zero-order valence-electron chi connectivity index (χ0n) is 18.8. The van der Waals surface area contributed by atoms with Crippen LogP contribution in [0.3, 0.4) is 0 Å². The Morgan fingerprint density at radius 1 is 1.03 bits per heavy atom. The van der Waals surface area contributed by atoms with Crippen LogP contribution in [0.1, 0.15) is 59.1 Å². The third kappa shape index (κ3) is 3.92. The number of benzene rings is 2. The first-order valence-corrected chi connectivity index (χ1v) is 10.7.